The van der Waals surface area contributed by atoms with E-state index < -0.39 is 0 Å². The molecule has 0 unspecified atom stereocenters. The molecule has 2 aliphatic rings. The molecule has 0 amide bonds. The fourth-order valence-corrected chi connectivity index (χ4v) is 5.09. The lowest BCUT2D eigenvalue weighted by Crippen LogP contribution is -2.37. The molecular formula is C18H21N5O2S. The van der Waals surface area contributed by atoms with E-state index in [-0.39, 0.29) is 0 Å². The van der Waals surface area contributed by atoms with Crippen molar-refractivity contribution in [3.05, 3.63) is 11.1 Å². The van der Waals surface area contributed by atoms with Crippen LogP contribution in [-0.4, -0.2) is 53.3 Å². The second-order valence-corrected chi connectivity index (χ2v) is 7.69. The molecule has 5 rings (SSSR count). The molecule has 1 aliphatic heterocycles. The number of nitrogens with zero attached hydrogens (tertiary/aromatic N) is 5. The second-order valence-electron chi connectivity index (χ2n) is 6.69. The van der Waals surface area contributed by atoms with Crippen molar-refractivity contribution in [1.29, 1.82) is 0 Å². The Morgan fingerprint density at radius 1 is 1.12 bits per heavy atom. The van der Waals surface area contributed by atoms with Crippen molar-refractivity contribution >= 4 is 37.6 Å². The zero-order valence-corrected chi connectivity index (χ0v) is 15.6. The summed E-state index contributed by atoms with van der Waals surface area (Å²) in [4.78, 5) is 8.49. The van der Waals surface area contributed by atoms with Crippen LogP contribution in [-0.2, 0) is 17.6 Å². The van der Waals surface area contributed by atoms with Crippen LogP contribution in [0.25, 0.3) is 20.4 Å². The van der Waals surface area contributed by atoms with Crippen molar-refractivity contribution < 1.29 is 9.47 Å². The third-order valence-corrected chi connectivity index (χ3v) is 6.24. The Morgan fingerprint density at radius 2 is 1.92 bits per heavy atom. The van der Waals surface area contributed by atoms with E-state index in [4.69, 9.17) is 14.5 Å². The largest absolute Gasteiger partial charge is 0.476 e. The van der Waals surface area contributed by atoms with Crippen LogP contribution in [0.15, 0.2) is 0 Å². The molecule has 7 nitrogen and oxygen atoms in total. The molecule has 1 saturated heterocycles. The minimum absolute atomic E-state index is 0.562. The van der Waals surface area contributed by atoms with Crippen molar-refractivity contribution in [2.45, 2.75) is 32.6 Å². The van der Waals surface area contributed by atoms with Crippen molar-refractivity contribution in [2.24, 2.45) is 0 Å². The van der Waals surface area contributed by atoms with Gasteiger partial charge < -0.3 is 14.4 Å². The Bertz CT molecular complexity index is 967. The zero-order chi connectivity index (χ0) is 17.5. The number of rotatable bonds is 3. The van der Waals surface area contributed by atoms with Crippen molar-refractivity contribution in [3.63, 3.8) is 0 Å². The van der Waals surface area contributed by atoms with Gasteiger partial charge in [-0.3, -0.25) is 0 Å². The number of fused-ring (bicyclic) bond motifs is 5. The van der Waals surface area contributed by atoms with Gasteiger partial charge in [0.1, 0.15) is 20.9 Å². The van der Waals surface area contributed by atoms with E-state index in [1.54, 1.807) is 11.3 Å². The van der Waals surface area contributed by atoms with Gasteiger partial charge in [0.05, 0.1) is 19.8 Å². The van der Waals surface area contributed by atoms with Crippen LogP contribution in [0.1, 0.15) is 30.9 Å². The molecule has 3 aromatic heterocycles. The summed E-state index contributed by atoms with van der Waals surface area (Å²) in [5, 5.41) is 13.5. The number of morpholine rings is 1. The minimum Gasteiger partial charge on any atom is -0.476 e. The van der Waals surface area contributed by atoms with Gasteiger partial charge in [-0.15, -0.1) is 16.4 Å². The summed E-state index contributed by atoms with van der Waals surface area (Å²) in [6, 6.07) is 0. The van der Waals surface area contributed by atoms with Gasteiger partial charge in [-0.05, 0) is 48.9 Å². The summed E-state index contributed by atoms with van der Waals surface area (Å²) in [6.07, 6.45) is 4.59. The van der Waals surface area contributed by atoms with E-state index in [2.05, 4.69) is 20.3 Å². The number of aryl methyl sites for hydroxylation is 1. The monoisotopic (exact) mass is 371 g/mol. The van der Waals surface area contributed by atoms with Crippen molar-refractivity contribution in [3.8, 4) is 5.88 Å². The lowest BCUT2D eigenvalue weighted by atomic mass is 9.90. The Balaban J connectivity index is 1.77. The normalized spacial score (nSPS) is 17.7. The lowest BCUT2D eigenvalue weighted by Gasteiger charge is -2.31. The van der Waals surface area contributed by atoms with Gasteiger partial charge in [0.25, 0.3) is 5.88 Å². The smallest absolute Gasteiger partial charge is 0.255 e. The van der Waals surface area contributed by atoms with E-state index in [1.807, 2.05) is 6.92 Å². The number of hydrogen-bond acceptors (Lipinski definition) is 8. The van der Waals surface area contributed by atoms with E-state index in [0.717, 1.165) is 65.4 Å². The fourth-order valence-electron chi connectivity index (χ4n) is 4.01. The lowest BCUT2D eigenvalue weighted by molar-refractivity contribution is 0.122. The highest BCUT2D eigenvalue weighted by Crippen LogP contribution is 2.42. The molecule has 0 aromatic carbocycles. The van der Waals surface area contributed by atoms with Crippen LogP contribution < -0.4 is 9.64 Å². The molecule has 0 spiro atoms. The molecular weight excluding hydrogens is 350 g/mol. The summed E-state index contributed by atoms with van der Waals surface area (Å²) >= 11 is 1.62. The Kier molecular flexibility index (Phi) is 4.09. The molecule has 1 fully saturated rings. The van der Waals surface area contributed by atoms with Crippen LogP contribution in [0.3, 0.4) is 0 Å². The van der Waals surface area contributed by atoms with Gasteiger partial charge in [-0.2, -0.15) is 0 Å². The molecule has 0 N–H and O–H groups in total. The molecule has 8 heteroatoms. The molecule has 0 atom stereocenters. The maximum absolute atomic E-state index is 5.68. The number of pyridine rings is 1. The Labute approximate surface area is 155 Å². The number of ether oxygens (including phenoxy) is 2. The van der Waals surface area contributed by atoms with Crippen LogP contribution >= 0.6 is 11.3 Å². The van der Waals surface area contributed by atoms with E-state index in [0.29, 0.717) is 12.5 Å². The highest BCUT2D eigenvalue weighted by atomic mass is 32.1. The first-order valence-corrected chi connectivity index (χ1v) is 10.1. The van der Waals surface area contributed by atoms with Gasteiger partial charge in [0.2, 0.25) is 0 Å². The summed E-state index contributed by atoms with van der Waals surface area (Å²) < 4.78 is 12.2. The summed E-state index contributed by atoms with van der Waals surface area (Å²) in [7, 11) is 0. The van der Waals surface area contributed by atoms with Crippen LogP contribution in [0.2, 0.25) is 0 Å². The van der Waals surface area contributed by atoms with Gasteiger partial charge in [0.15, 0.2) is 0 Å². The second kappa shape index (κ2) is 6.59. The third-order valence-electron chi connectivity index (χ3n) is 5.18. The van der Waals surface area contributed by atoms with Crippen LogP contribution in [0, 0.1) is 0 Å². The molecule has 0 radical (unpaired) electrons. The topological polar surface area (TPSA) is 73.3 Å². The van der Waals surface area contributed by atoms with Gasteiger partial charge in [0, 0.05) is 18.5 Å². The first kappa shape index (κ1) is 16.1. The van der Waals surface area contributed by atoms with Gasteiger partial charge >= 0.3 is 0 Å². The number of hydrogen-bond donors (Lipinski definition) is 0. The number of thiophene rings is 1. The molecule has 4 heterocycles. The predicted octanol–water partition coefficient (Wildman–Crippen LogP) is 2.75. The quantitative estimate of drug-likeness (QED) is 0.701. The number of aromatic nitrogens is 4. The van der Waals surface area contributed by atoms with Crippen LogP contribution in [0.5, 0.6) is 5.88 Å². The average Bonchev–Trinajstić information content (AvgIpc) is 3.08. The standard InChI is InChI=1S/C18H21N5O2S/c1-2-25-17-15-14(20-22-21-17)13-11-5-3-4-6-12(11)16(19-18(13)26-15)23-7-9-24-10-8-23/h2-10H2,1H3. The summed E-state index contributed by atoms with van der Waals surface area (Å²) in [5.74, 6) is 1.71. The molecule has 3 aromatic rings. The minimum atomic E-state index is 0.562. The highest BCUT2D eigenvalue weighted by molar-refractivity contribution is 7.25. The maximum atomic E-state index is 5.68. The fraction of sp³-hybridized carbons (Fsp3) is 0.556. The first-order chi connectivity index (χ1) is 12.9. The molecule has 0 bridgehead atoms. The first-order valence-electron chi connectivity index (χ1n) is 9.29. The third kappa shape index (κ3) is 2.51. The van der Waals surface area contributed by atoms with E-state index >= 15 is 0 Å². The van der Waals surface area contributed by atoms with E-state index in [1.165, 1.54) is 24.0 Å². The zero-order valence-electron chi connectivity index (χ0n) is 14.8. The average molecular weight is 371 g/mol. The summed E-state index contributed by atoms with van der Waals surface area (Å²) in [5.41, 5.74) is 3.68. The molecule has 1 aliphatic carbocycles. The van der Waals surface area contributed by atoms with Crippen molar-refractivity contribution in [1.82, 2.24) is 20.4 Å². The van der Waals surface area contributed by atoms with Crippen LogP contribution in [0.4, 0.5) is 5.82 Å². The van der Waals surface area contributed by atoms with Crippen molar-refractivity contribution in [2.75, 3.05) is 37.8 Å². The highest BCUT2D eigenvalue weighted by Gasteiger charge is 2.26. The van der Waals surface area contributed by atoms with Gasteiger partial charge in [-0.25, -0.2) is 4.98 Å². The Hall–Kier alpha value is -2.06. The summed E-state index contributed by atoms with van der Waals surface area (Å²) in [6.45, 7) is 5.86. The molecule has 136 valence electrons. The Morgan fingerprint density at radius 3 is 2.73 bits per heavy atom. The molecule has 26 heavy (non-hydrogen) atoms. The van der Waals surface area contributed by atoms with E-state index in [9.17, 15) is 0 Å². The number of anilines is 1. The van der Waals surface area contributed by atoms with Gasteiger partial charge in [-0.1, -0.05) is 5.10 Å². The maximum Gasteiger partial charge on any atom is 0.255 e. The molecule has 0 saturated carbocycles. The SMILES string of the molecule is CCOc1nnnc2c1sc1nc(N3CCOCC3)c3c(c12)CCCC3. The predicted molar refractivity (Wildman–Crippen MR) is 101 cm³/mol.